The molecule has 0 bridgehead atoms. The topological polar surface area (TPSA) is 54.9 Å². The monoisotopic (exact) mass is 329 g/mol. The fourth-order valence-corrected chi connectivity index (χ4v) is 3.75. The first-order valence-corrected chi connectivity index (χ1v) is 8.62. The molecule has 2 heterocycles. The number of rotatable bonds is 4. The number of benzene rings is 1. The third kappa shape index (κ3) is 3.28. The van der Waals surface area contributed by atoms with Crippen molar-refractivity contribution in [1.82, 2.24) is 9.97 Å². The maximum Gasteiger partial charge on any atom is 0.237 e. The summed E-state index contributed by atoms with van der Waals surface area (Å²) in [5, 5.41) is 6.55. The summed E-state index contributed by atoms with van der Waals surface area (Å²) in [7, 11) is 0. The van der Waals surface area contributed by atoms with Gasteiger partial charge in [-0.3, -0.25) is 4.79 Å². The van der Waals surface area contributed by atoms with Gasteiger partial charge in [0.15, 0.2) is 0 Å². The zero-order valence-electron chi connectivity index (χ0n) is 12.2. The van der Waals surface area contributed by atoms with E-state index in [0.29, 0.717) is 0 Å². The van der Waals surface area contributed by atoms with Crippen LogP contribution in [0.5, 0.6) is 0 Å². The van der Waals surface area contributed by atoms with Crippen LogP contribution < -0.4 is 5.32 Å². The molecule has 112 valence electrons. The molecule has 0 aliphatic carbocycles. The molecule has 1 aromatic carbocycles. The first kappa shape index (κ1) is 15.0. The van der Waals surface area contributed by atoms with Crippen molar-refractivity contribution in [3.63, 3.8) is 0 Å². The number of aryl methyl sites for hydroxylation is 1. The molecule has 1 N–H and O–H groups in total. The first-order chi connectivity index (χ1) is 10.6. The summed E-state index contributed by atoms with van der Waals surface area (Å²) in [6.45, 7) is 3.89. The van der Waals surface area contributed by atoms with Crippen LogP contribution in [0.15, 0.2) is 47.1 Å². The average molecular weight is 329 g/mol. The quantitative estimate of drug-likeness (QED) is 0.578. The van der Waals surface area contributed by atoms with Gasteiger partial charge in [-0.15, -0.1) is 11.3 Å². The molecule has 2 aromatic heterocycles. The van der Waals surface area contributed by atoms with Crippen LogP contribution in [0.2, 0.25) is 0 Å². The lowest BCUT2D eigenvalue weighted by atomic mass is 10.2. The van der Waals surface area contributed by atoms with Gasteiger partial charge in [0.1, 0.15) is 16.2 Å². The van der Waals surface area contributed by atoms with E-state index in [1.54, 1.807) is 17.7 Å². The van der Waals surface area contributed by atoms with E-state index in [0.717, 1.165) is 26.5 Å². The predicted molar refractivity (Wildman–Crippen MR) is 92.5 cm³/mol. The summed E-state index contributed by atoms with van der Waals surface area (Å²) < 4.78 is 0. The maximum absolute atomic E-state index is 12.3. The number of thiophene rings is 1. The molecular weight excluding hydrogens is 314 g/mol. The minimum atomic E-state index is -0.237. The van der Waals surface area contributed by atoms with Crippen molar-refractivity contribution in [3.8, 4) is 0 Å². The highest BCUT2D eigenvalue weighted by Crippen LogP contribution is 2.30. The third-order valence-corrected chi connectivity index (χ3v) is 5.11. The van der Waals surface area contributed by atoms with Gasteiger partial charge < -0.3 is 5.32 Å². The van der Waals surface area contributed by atoms with E-state index in [9.17, 15) is 4.79 Å². The van der Waals surface area contributed by atoms with E-state index < -0.39 is 0 Å². The Bertz CT molecular complexity index is 816. The normalized spacial score (nSPS) is 12.3. The van der Waals surface area contributed by atoms with Crippen molar-refractivity contribution in [3.05, 3.63) is 47.6 Å². The number of nitrogens with one attached hydrogen (secondary N) is 1. The Balaban J connectivity index is 1.72. The number of hydrogen-bond donors (Lipinski definition) is 1. The number of thioether (sulfide) groups is 1. The second-order valence-electron chi connectivity index (χ2n) is 4.94. The van der Waals surface area contributed by atoms with Crippen LogP contribution in [-0.2, 0) is 4.79 Å². The molecule has 0 saturated carbocycles. The summed E-state index contributed by atoms with van der Waals surface area (Å²) in [4.78, 5) is 21.8. The number of aromatic nitrogens is 2. The highest BCUT2D eigenvalue weighted by Gasteiger charge is 2.17. The summed E-state index contributed by atoms with van der Waals surface area (Å²) in [6.07, 6.45) is 1.55. The lowest BCUT2D eigenvalue weighted by Gasteiger charge is -2.12. The zero-order valence-corrected chi connectivity index (χ0v) is 13.9. The van der Waals surface area contributed by atoms with Gasteiger partial charge in [-0.05, 0) is 43.0 Å². The van der Waals surface area contributed by atoms with Crippen molar-refractivity contribution in [2.45, 2.75) is 24.1 Å². The molecule has 3 aromatic rings. The van der Waals surface area contributed by atoms with Gasteiger partial charge in [-0.1, -0.05) is 23.9 Å². The van der Waals surface area contributed by atoms with Crippen LogP contribution in [0.1, 0.15) is 12.5 Å². The van der Waals surface area contributed by atoms with Gasteiger partial charge in [0.25, 0.3) is 0 Å². The number of fused-ring (bicyclic) bond motifs is 1. The smallest absolute Gasteiger partial charge is 0.237 e. The SMILES string of the molecule is Cc1cccc(NC(=O)[C@H](C)Sc2ncnc3sccc23)c1. The molecule has 0 fully saturated rings. The van der Waals surface area contributed by atoms with Crippen molar-refractivity contribution < 1.29 is 4.79 Å². The Morgan fingerprint density at radius 2 is 2.18 bits per heavy atom. The number of anilines is 1. The lowest BCUT2D eigenvalue weighted by molar-refractivity contribution is -0.115. The standard InChI is InChI=1S/C16H15N3OS2/c1-10-4-3-5-12(8-10)19-14(20)11(2)22-16-13-6-7-21-15(13)17-9-18-16/h3-9,11H,1-2H3,(H,19,20)/t11-/m0/s1. The van der Waals surface area contributed by atoms with Crippen LogP contribution in [0.25, 0.3) is 10.2 Å². The van der Waals surface area contributed by atoms with E-state index in [4.69, 9.17) is 0 Å². The predicted octanol–water partition coefficient (Wildman–Crippen LogP) is 4.12. The van der Waals surface area contributed by atoms with E-state index in [2.05, 4.69) is 15.3 Å². The molecule has 1 atom stereocenters. The van der Waals surface area contributed by atoms with Crippen molar-refractivity contribution >= 4 is 44.9 Å². The Labute approximate surface area is 137 Å². The van der Waals surface area contributed by atoms with Crippen LogP contribution in [0.4, 0.5) is 5.69 Å². The van der Waals surface area contributed by atoms with Gasteiger partial charge in [0.2, 0.25) is 5.91 Å². The highest BCUT2D eigenvalue weighted by molar-refractivity contribution is 8.00. The van der Waals surface area contributed by atoms with Gasteiger partial charge >= 0.3 is 0 Å². The van der Waals surface area contributed by atoms with Crippen LogP contribution in [0.3, 0.4) is 0 Å². The Hall–Kier alpha value is -1.92. The Kier molecular flexibility index (Phi) is 4.40. The molecule has 4 nitrogen and oxygen atoms in total. The Morgan fingerprint density at radius 1 is 1.32 bits per heavy atom. The number of carbonyl (C=O) groups excluding carboxylic acids is 1. The van der Waals surface area contributed by atoms with E-state index in [1.807, 2.05) is 49.6 Å². The van der Waals surface area contributed by atoms with Crippen LogP contribution >= 0.6 is 23.1 Å². The molecule has 3 rings (SSSR count). The minimum absolute atomic E-state index is 0.0300. The molecule has 1 amide bonds. The number of carbonyl (C=O) groups is 1. The van der Waals surface area contributed by atoms with Gasteiger partial charge in [-0.25, -0.2) is 9.97 Å². The fourth-order valence-electron chi connectivity index (χ4n) is 2.05. The molecular formula is C16H15N3OS2. The highest BCUT2D eigenvalue weighted by atomic mass is 32.2. The molecule has 22 heavy (non-hydrogen) atoms. The van der Waals surface area contributed by atoms with Crippen LogP contribution in [0, 0.1) is 6.92 Å². The average Bonchev–Trinajstić information content (AvgIpc) is 2.96. The van der Waals surface area contributed by atoms with Crippen molar-refractivity contribution in [2.24, 2.45) is 0 Å². The lowest BCUT2D eigenvalue weighted by Crippen LogP contribution is -2.22. The maximum atomic E-state index is 12.3. The molecule has 6 heteroatoms. The molecule has 0 unspecified atom stereocenters. The second-order valence-corrected chi connectivity index (χ2v) is 7.16. The minimum Gasteiger partial charge on any atom is -0.325 e. The van der Waals surface area contributed by atoms with E-state index in [1.165, 1.54) is 11.8 Å². The number of amides is 1. The number of nitrogens with zero attached hydrogens (tertiary/aromatic N) is 2. The van der Waals surface area contributed by atoms with Gasteiger partial charge in [0, 0.05) is 11.1 Å². The molecule has 0 aliphatic rings. The fraction of sp³-hybridized carbons (Fsp3) is 0.188. The summed E-state index contributed by atoms with van der Waals surface area (Å²) in [6, 6.07) is 9.78. The van der Waals surface area contributed by atoms with Crippen molar-refractivity contribution in [2.75, 3.05) is 5.32 Å². The first-order valence-electron chi connectivity index (χ1n) is 6.86. The van der Waals surface area contributed by atoms with Gasteiger partial charge in [0.05, 0.1) is 5.25 Å². The number of hydrogen-bond acceptors (Lipinski definition) is 5. The molecule has 0 aliphatic heterocycles. The van der Waals surface area contributed by atoms with E-state index >= 15 is 0 Å². The molecule has 0 radical (unpaired) electrons. The van der Waals surface area contributed by atoms with E-state index in [-0.39, 0.29) is 11.2 Å². The summed E-state index contributed by atoms with van der Waals surface area (Å²) in [5.74, 6) is -0.0300. The summed E-state index contributed by atoms with van der Waals surface area (Å²) >= 11 is 3.03. The summed E-state index contributed by atoms with van der Waals surface area (Å²) in [5.41, 5.74) is 1.94. The molecule has 0 spiro atoms. The second kappa shape index (κ2) is 6.46. The zero-order chi connectivity index (χ0) is 15.5. The van der Waals surface area contributed by atoms with Crippen LogP contribution in [-0.4, -0.2) is 21.1 Å². The van der Waals surface area contributed by atoms with Gasteiger partial charge in [-0.2, -0.15) is 0 Å². The Morgan fingerprint density at radius 3 is 3.00 bits per heavy atom. The van der Waals surface area contributed by atoms with Crippen molar-refractivity contribution in [1.29, 1.82) is 0 Å². The third-order valence-electron chi connectivity index (χ3n) is 3.17. The largest absolute Gasteiger partial charge is 0.325 e. The molecule has 0 saturated heterocycles.